The summed E-state index contributed by atoms with van der Waals surface area (Å²) in [4.78, 5) is 11.6. The van der Waals surface area contributed by atoms with Gasteiger partial charge < -0.3 is 4.74 Å². The standard InChI is InChI=1S/C15H14BrNO4S/c1-17(13-8-6-11(7-9-13)15(18)21-2)22(19,20)14-5-3-4-12(16)10-14/h3-10H,1-2H3. The molecular weight excluding hydrogens is 370 g/mol. The number of ether oxygens (including phenoxy) is 1. The lowest BCUT2D eigenvalue weighted by Gasteiger charge is -2.19. The molecule has 2 rings (SSSR count). The van der Waals surface area contributed by atoms with Gasteiger partial charge in [0, 0.05) is 11.5 Å². The van der Waals surface area contributed by atoms with Gasteiger partial charge in [-0.05, 0) is 42.5 Å². The lowest BCUT2D eigenvalue weighted by molar-refractivity contribution is 0.0601. The van der Waals surface area contributed by atoms with Gasteiger partial charge in [-0.1, -0.05) is 22.0 Å². The molecule has 116 valence electrons. The molecule has 22 heavy (non-hydrogen) atoms. The van der Waals surface area contributed by atoms with Crippen molar-refractivity contribution in [2.45, 2.75) is 4.90 Å². The fraction of sp³-hybridized carbons (Fsp3) is 0.133. The van der Waals surface area contributed by atoms with Crippen LogP contribution in [-0.2, 0) is 14.8 Å². The zero-order chi connectivity index (χ0) is 16.3. The number of methoxy groups -OCH3 is 1. The van der Waals surface area contributed by atoms with Crippen LogP contribution in [0.4, 0.5) is 5.69 Å². The van der Waals surface area contributed by atoms with Gasteiger partial charge in [-0.15, -0.1) is 0 Å². The third kappa shape index (κ3) is 3.31. The molecule has 0 unspecified atom stereocenters. The van der Waals surface area contributed by atoms with Crippen LogP contribution >= 0.6 is 15.9 Å². The number of benzene rings is 2. The van der Waals surface area contributed by atoms with E-state index in [4.69, 9.17) is 0 Å². The van der Waals surface area contributed by atoms with E-state index in [0.29, 0.717) is 15.7 Å². The summed E-state index contributed by atoms with van der Waals surface area (Å²) in [6, 6.07) is 12.6. The first kappa shape index (κ1) is 16.5. The molecule has 5 nitrogen and oxygen atoms in total. The highest BCUT2D eigenvalue weighted by Crippen LogP contribution is 2.24. The van der Waals surface area contributed by atoms with Gasteiger partial charge >= 0.3 is 5.97 Å². The van der Waals surface area contributed by atoms with Gasteiger partial charge in [0.15, 0.2) is 0 Å². The zero-order valence-corrected chi connectivity index (χ0v) is 14.4. The van der Waals surface area contributed by atoms with E-state index in [0.717, 1.165) is 4.31 Å². The van der Waals surface area contributed by atoms with Crippen LogP contribution < -0.4 is 4.31 Å². The number of halogens is 1. The molecule has 0 amide bonds. The smallest absolute Gasteiger partial charge is 0.337 e. The van der Waals surface area contributed by atoms with Crippen molar-refractivity contribution in [1.29, 1.82) is 0 Å². The first-order valence-electron chi connectivity index (χ1n) is 6.29. The molecule has 2 aromatic rings. The third-order valence-corrected chi connectivity index (χ3v) is 5.38. The molecular formula is C15H14BrNO4S. The Morgan fingerprint density at radius 1 is 1.14 bits per heavy atom. The zero-order valence-electron chi connectivity index (χ0n) is 12.0. The van der Waals surface area contributed by atoms with Crippen LogP contribution in [-0.4, -0.2) is 28.5 Å². The molecule has 0 aromatic heterocycles. The van der Waals surface area contributed by atoms with Gasteiger partial charge in [-0.2, -0.15) is 0 Å². The Labute approximate surface area is 137 Å². The number of esters is 1. The predicted octanol–water partition coefficient (Wildman–Crippen LogP) is 3.06. The molecule has 0 heterocycles. The van der Waals surface area contributed by atoms with Crippen LogP contribution in [0.15, 0.2) is 57.9 Å². The van der Waals surface area contributed by atoms with Crippen LogP contribution in [0.1, 0.15) is 10.4 Å². The van der Waals surface area contributed by atoms with E-state index in [1.165, 1.54) is 38.4 Å². The Morgan fingerprint density at radius 2 is 1.77 bits per heavy atom. The van der Waals surface area contributed by atoms with E-state index in [9.17, 15) is 13.2 Å². The van der Waals surface area contributed by atoms with Crippen LogP contribution in [0.3, 0.4) is 0 Å². The molecule has 0 atom stereocenters. The average Bonchev–Trinajstić information content (AvgIpc) is 2.53. The third-order valence-electron chi connectivity index (χ3n) is 3.11. The summed E-state index contributed by atoms with van der Waals surface area (Å²) in [5.41, 5.74) is 0.812. The highest BCUT2D eigenvalue weighted by atomic mass is 79.9. The largest absolute Gasteiger partial charge is 0.465 e. The highest BCUT2D eigenvalue weighted by molar-refractivity contribution is 9.10. The number of rotatable bonds is 4. The van der Waals surface area contributed by atoms with Gasteiger partial charge in [0.2, 0.25) is 0 Å². The van der Waals surface area contributed by atoms with E-state index in [1.54, 1.807) is 24.3 Å². The number of sulfonamides is 1. The first-order valence-corrected chi connectivity index (χ1v) is 8.52. The van der Waals surface area contributed by atoms with Crippen molar-refractivity contribution >= 4 is 37.6 Å². The number of anilines is 1. The van der Waals surface area contributed by atoms with Crippen molar-refractivity contribution in [2.24, 2.45) is 0 Å². The van der Waals surface area contributed by atoms with Crippen LogP contribution in [0, 0.1) is 0 Å². The number of carbonyl (C=O) groups excluding carboxylic acids is 1. The molecule has 0 aliphatic rings. The second-order valence-corrected chi connectivity index (χ2v) is 7.35. The lowest BCUT2D eigenvalue weighted by atomic mass is 10.2. The van der Waals surface area contributed by atoms with Crippen molar-refractivity contribution in [3.05, 3.63) is 58.6 Å². The average molecular weight is 384 g/mol. The van der Waals surface area contributed by atoms with E-state index in [2.05, 4.69) is 20.7 Å². The normalized spacial score (nSPS) is 11.0. The van der Waals surface area contributed by atoms with Crippen LogP contribution in [0.5, 0.6) is 0 Å². The van der Waals surface area contributed by atoms with E-state index >= 15 is 0 Å². The summed E-state index contributed by atoms with van der Waals surface area (Å²) >= 11 is 3.26. The Balaban J connectivity index is 2.34. The number of hydrogen-bond acceptors (Lipinski definition) is 4. The van der Waals surface area contributed by atoms with Gasteiger partial charge in [-0.3, -0.25) is 4.31 Å². The van der Waals surface area contributed by atoms with Gasteiger partial charge in [0.25, 0.3) is 10.0 Å². The van der Waals surface area contributed by atoms with Crippen molar-refractivity contribution in [3.8, 4) is 0 Å². The van der Waals surface area contributed by atoms with E-state index in [1.807, 2.05) is 0 Å². The first-order chi connectivity index (χ1) is 10.4. The Kier molecular flexibility index (Phi) is 4.87. The van der Waals surface area contributed by atoms with Crippen molar-refractivity contribution in [1.82, 2.24) is 0 Å². The van der Waals surface area contributed by atoms with Gasteiger partial charge in [0.1, 0.15) is 0 Å². The molecule has 0 radical (unpaired) electrons. The molecule has 2 aromatic carbocycles. The highest BCUT2D eigenvalue weighted by Gasteiger charge is 2.21. The number of nitrogens with zero attached hydrogens (tertiary/aromatic N) is 1. The fourth-order valence-electron chi connectivity index (χ4n) is 1.85. The summed E-state index contributed by atoms with van der Waals surface area (Å²) in [5.74, 6) is -0.468. The van der Waals surface area contributed by atoms with E-state index < -0.39 is 16.0 Å². The Morgan fingerprint density at radius 3 is 2.32 bits per heavy atom. The summed E-state index contributed by atoms with van der Waals surface area (Å²) in [6.07, 6.45) is 0. The molecule has 0 bridgehead atoms. The SMILES string of the molecule is COC(=O)c1ccc(N(C)S(=O)(=O)c2cccc(Br)c2)cc1. The summed E-state index contributed by atoms with van der Waals surface area (Å²) in [6.45, 7) is 0. The predicted molar refractivity (Wildman–Crippen MR) is 87.5 cm³/mol. The van der Waals surface area contributed by atoms with Crippen LogP contribution in [0.2, 0.25) is 0 Å². The summed E-state index contributed by atoms with van der Waals surface area (Å²) in [7, 11) is -0.913. The summed E-state index contributed by atoms with van der Waals surface area (Å²) in [5, 5.41) is 0. The molecule has 0 saturated carbocycles. The molecule has 0 fully saturated rings. The maximum absolute atomic E-state index is 12.6. The minimum Gasteiger partial charge on any atom is -0.465 e. The van der Waals surface area contributed by atoms with Gasteiger partial charge in [-0.25, -0.2) is 13.2 Å². The Bertz CT molecular complexity index is 787. The second kappa shape index (κ2) is 6.50. The molecule has 7 heteroatoms. The second-order valence-electron chi connectivity index (χ2n) is 4.47. The minimum atomic E-state index is -3.67. The van der Waals surface area contributed by atoms with Crippen molar-refractivity contribution < 1.29 is 17.9 Å². The number of hydrogen-bond donors (Lipinski definition) is 0. The fourth-order valence-corrected chi connectivity index (χ4v) is 3.64. The molecule has 0 aliphatic heterocycles. The van der Waals surface area contributed by atoms with Gasteiger partial charge in [0.05, 0.1) is 23.3 Å². The minimum absolute atomic E-state index is 0.182. The molecule has 0 saturated heterocycles. The Hall–Kier alpha value is -1.86. The molecule has 0 N–H and O–H groups in total. The number of carbonyl (C=O) groups is 1. The van der Waals surface area contributed by atoms with Crippen molar-refractivity contribution in [2.75, 3.05) is 18.5 Å². The maximum Gasteiger partial charge on any atom is 0.337 e. The summed E-state index contributed by atoms with van der Waals surface area (Å²) < 4.78 is 31.6. The topological polar surface area (TPSA) is 63.7 Å². The lowest BCUT2D eigenvalue weighted by Crippen LogP contribution is -2.26. The quantitative estimate of drug-likeness (QED) is 0.761. The molecule has 0 spiro atoms. The van der Waals surface area contributed by atoms with Crippen LogP contribution in [0.25, 0.3) is 0 Å². The maximum atomic E-state index is 12.6. The van der Waals surface area contributed by atoms with Crippen molar-refractivity contribution in [3.63, 3.8) is 0 Å². The molecule has 0 aliphatic carbocycles. The monoisotopic (exact) mass is 383 g/mol. The van der Waals surface area contributed by atoms with E-state index in [-0.39, 0.29) is 4.90 Å².